The molecule has 3 amide bonds. The molecule has 6 nitrogen and oxygen atoms in total. The number of amides is 3. The Balaban J connectivity index is 1.90. The van der Waals surface area contributed by atoms with Crippen molar-refractivity contribution < 1.29 is 40.3 Å². The van der Waals surface area contributed by atoms with E-state index in [1.54, 1.807) is 13.0 Å². The smallest absolute Gasteiger partial charge is 0.355 e. The van der Waals surface area contributed by atoms with Crippen LogP contribution in [0.2, 0.25) is 0 Å². The van der Waals surface area contributed by atoms with Crippen molar-refractivity contribution in [2.45, 2.75) is 64.1 Å². The van der Waals surface area contributed by atoms with Crippen LogP contribution in [0, 0.1) is 12.7 Å². The summed E-state index contributed by atoms with van der Waals surface area (Å²) in [5.74, 6) is -0.631. The predicted octanol–water partition coefficient (Wildman–Crippen LogP) is 6.22. The number of halogens is 7. The first-order valence-corrected chi connectivity index (χ1v) is 13.1. The number of carbonyl (C=O) groups excluding carboxylic acids is 2. The Morgan fingerprint density at radius 2 is 1.63 bits per heavy atom. The number of carbonyl (C=O) groups is 2. The van der Waals surface area contributed by atoms with E-state index in [9.17, 15) is 40.3 Å². The number of piperidine rings is 1. The van der Waals surface area contributed by atoms with Gasteiger partial charge in [-0.2, -0.15) is 26.3 Å². The van der Waals surface area contributed by atoms with Gasteiger partial charge in [0.2, 0.25) is 5.91 Å². The Bertz CT molecular complexity index is 1220. The van der Waals surface area contributed by atoms with Crippen LogP contribution in [-0.4, -0.2) is 54.5 Å². The van der Waals surface area contributed by atoms with E-state index >= 15 is 0 Å². The van der Waals surface area contributed by atoms with Gasteiger partial charge in [-0.05, 0) is 73.7 Å². The standard InChI is InChI=1S/C28H33F7N4O2/c1-16-11-22(29)5-6-24(16)25-15-23(37-9-8-36-18(3)40)7-10-39(25)26(41)38(4)17(2)19-12-20(27(30,31)32)14-21(13-19)28(33,34)35/h5-6,11-14,17,23,25,37H,7-10,15H2,1-4H3,(H,36,40)/t17-,23?,25-/m1/s1. The number of nitrogens with zero attached hydrogens (tertiary/aromatic N) is 2. The van der Waals surface area contributed by atoms with E-state index in [1.807, 2.05) is 0 Å². The normalized spacial score (nSPS) is 18.7. The molecular formula is C28H33F7N4O2. The van der Waals surface area contributed by atoms with Gasteiger partial charge in [-0.25, -0.2) is 9.18 Å². The minimum absolute atomic E-state index is 0.0507. The number of likely N-dealkylation sites (tertiary alicyclic amines) is 1. The molecule has 3 atom stereocenters. The third-order valence-corrected chi connectivity index (χ3v) is 7.35. The van der Waals surface area contributed by atoms with Crippen molar-refractivity contribution in [2.24, 2.45) is 0 Å². The summed E-state index contributed by atoms with van der Waals surface area (Å²) >= 11 is 0. The van der Waals surface area contributed by atoms with Gasteiger partial charge in [-0.1, -0.05) is 6.07 Å². The van der Waals surface area contributed by atoms with Crippen LogP contribution < -0.4 is 10.6 Å². The summed E-state index contributed by atoms with van der Waals surface area (Å²) < 4.78 is 94.5. The maximum atomic E-state index is 13.9. The fourth-order valence-electron chi connectivity index (χ4n) is 5.01. The van der Waals surface area contributed by atoms with Gasteiger partial charge in [-0.15, -0.1) is 0 Å². The van der Waals surface area contributed by atoms with Crippen molar-refractivity contribution in [2.75, 3.05) is 26.7 Å². The van der Waals surface area contributed by atoms with Crippen molar-refractivity contribution >= 4 is 11.9 Å². The molecule has 2 N–H and O–H groups in total. The molecule has 1 heterocycles. The molecule has 0 bridgehead atoms. The van der Waals surface area contributed by atoms with Crippen molar-refractivity contribution in [1.82, 2.24) is 20.4 Å². The quantitative estimate of drug-likeness (QED) is 0.298. The average molecular weight is 591 g/mol. The minimum atomic E-state index is -5.02. The first-order valence-electron chi connectivity index (χ1n) is 13.1. The monoisotopic (exact) mass is 590 g/mol. The number of nitrogens with one attached hydrogen (secondary N) is 2. The van der Waals surface area contributed by atoms with Crippen LogP contribution >= 0.6 is 0 Å². The molecule has 0 saturated carbocycles. The minimum Gasteiger partial charge on any atom is -0.355 e. The topological polar surface area (TPSA) is 64.7 Å². The summed E-state index contributed by atoms with van der Waals surface area (Å²) in [6, 6.07) is 3.14. The summed E-state index contributed by atoms with van der Waals surface area (Å²) in [6.45, 7) is 5.56. The number of hydrogen-bond donors (Lipinski definition) is 2. The summed E-state index contributed by atoms with van der Waals surface area (Å²) in [6.07, 6.45) is -9.11. The molecular weight excluding hydrogens is 557 g/mol. The Morgan fingerprint density at radius 3 is 2.17 bits per heavy atom. The third-order valence-electron chi connectivity index (χ3n) is 7.35. The zero-order chi connectivity index (χ0) is 30.7. The maximum Gasteiger partial charge on any atom is 0.416 e. The number of urea groups is 1. The predicted molar refractivity (Wildman–Crippen MR) is 138 cm³/mol. The lowest BCUT2D eigenvalue weighted by Crippen LogP contribution is -2.51. The van der Waals surface area contributed by atoms with E-state index < -0.39 is 47.4 Å². The Kier molecular flexibility index (Phi) is 9.94. The van der Waals surface area contributed by atoms with Crippen molar-refractivity contribution in [3.8, 4) is 0 Å². The second kappa shape index (κ2) is 12.7. The number of benzene rings is 2. The van der Waals surface area contributed by atoms with Crippen LogP contribution in [0.4, 0.5) is 35.5 Å². The molecule has 0 spiro atoms. The SMILES string of the molecule is CC(=O)NCCNC1CCN(C(=O)N(C)[C@H](C)c2cc(C(F)(F)F)cc(C(F)(F)F)c2)[C@@H](c2ccc(F)cc2C)C1. The number of rotatable bonds is 7. The maximum absolute atomic E-state index is 13.9. The molecule has 13 heteroatoms. The van der Waals surface area contributed by atoms with Gasteiger partial charge in [0, 0.05) is 39.6 Å². The Hall–Kier alpha value is -3.35. The van der Waals surface area contributed by atoms with Crippen LogP contribution in [0.1, 0.15) is 66.6 Å². The fourth-order valence-corrected chi connectivity index (χ4v) is 5.01. The van der Waals surface area contributed by atoms with Crippen LogP contribution in [0.25, 0.3) is 0 Å². The summed E-state index contributed by atoms with van der Waals surface area (Å²) in [5.41, 5.74) is -1.96. The molecule has 1 aliphatic rings. The summed E-state index contributed by atoms with van der Waals surface area (Å²) in [7, 11) is 1.33. The van der Waals surface area contributed by atoms with E-state index in [1.165, 1.54) is 37.9 Å². The average Bonchev–Trinajstić information content (AvgIpc) is 2.88. The highest BCUT2D eigenvalue weighted by molar-refractivity contribution is 5.75. The van der Waals surface area contributed by atoms with Gasteiger partial charge < -0.3 is 20.4 Å². The van der Waals surface area contributed by atoms with Gasteiger partial charge >= 0.3 is 18.4 Å². The van der Waals surface area contributed by atoms with Crippen molar-refractivity contribution in [3.63, 3.8) is 0 Å². The second-order valence-corrected chi connectivity index (χ2v) is 10.3. The highest BCUT2D eigenvalue weighted by Gasteiger charge is 2.39. The van der Waals surface area contributed by atoms with Gasteiger partial charge in [0.25, 0.3) is 0 Å². The van der Waals surface area contributed by atoms with E-state index in [0.29, 0.717) is 49.2 Å². The molecule has 41 heavy (non-hydrogen) atoms. The van der Waals surface area contributed by atoms with Gasteiger partial charge in [-0.3, -0.25) is 4.79 Å². The highest BCUT2D eigenvalue weighted by Crippen LogP contribution is 2.39. The van der Waals surface area contributed by atoms with Gasteiger partial charge in [0.15, 0.2) is 0 Å². The summed E-state index contributed by atoms with van der Waals surface area (Å²) in [4.78, 5) is 27.5. The van der Waals surface area contributed by atoms with Crippen molar-refractivity contribution in [1.29, 1.82) is 0 Å². The van der Waals surface area contributed by atoms with Crippen LogP contribution in [0.3, 0.4) is 0 Å². The molecule has 0 aromatic heterocycles. The molecule has 2 aromatic rings. The molecule has 226 valence electrons. The third kappa shape index (κ3) is 8.11. The zero-order valence-corrected chi connectivity index (χ0v) is 23.1. The molecule has 1 unspecified atom stereocenters. The molecule has 0 aliphatic carbocycles. The van der Waals surface area contributed by atoms with Crippen molar-refractivity contribution in [3.05, 3.63) is 70.0 Å². The first kappa shape index (κ1) is 32.2. The number of hydrogen-bond acceptors (Lipinski definition) is 3. The Morgan fingerprint density at radius 1 is 1.02 bits per heavy atom. The second-order valence-electron chi connectivity index (χ2n) is 10.3. The fraction of sp³-hybridized carbons (Fsp3) is 0.500. The Labute approximate surface area is 233 Å². The number of aryl methyl sites for hydroxylation is 1. The molecule has 1 saturated heterocycles. The lowest BCUT2D eigenvalue weighted by atomic mass is 9.89. The molecule has 1 fully saturated rings. The van der Waals surface area contributed by atoms with E-state index in [4.69, 9.17) is 0 Å². The van der Waals surface area contributed by atoms with E-state index in [0.717, 1.165) is 4.90 Å². The van der Waals surface area contributed by atoms with Crippen LogP contribution in [0.15, 0.2) is 36.4 Å². The van der Waals surface area contributed by atoms with Crippen LogP contribution in [-0.2, 0) is 17.1 Å². The van der Waals surface area contributed by atoms with Gasteiger partial charge in [0.05, 0.1) is 23.2 Å². The van der Waals surface area contributed by atoms with Gasteiger partial charge in [0.1, 0.15) is 5.82 Å². The number of alkyl halides is 6. The molecule has 2 aromatic carbocycles. The molecule has 0 radical (unpaired) electrons. The first-order chi connectivity index (χ1) is 19.0. The largest absolute Gasteiger partial charge is 0.416 e. The van der Waals surface area contributed by atoms with E-state index in [2.05, 4.69) is 10.6 Å². The van der Waals surface area contributed by atoms with E-state index in [-0.39, 0.29) is 30.1 Å². The zero-order valence-electron chi connectivity index (χ0n) is 23.1. The molecule has 3 rings (SSSR count). The summed E-state index contributed by atoms with van der Waals surface area (Å²) in [5, 5.41) is 6.02. The highest BCUT2D eigenvalue weighted by atomic mass is 19.4. The van der Waals surface area contributed by atoms with Crippen LogP contribution in [0.5, 0.6) is 0 Å². The lowest BCUT2D eigenvalue weighted by molar-refractivity contribution is -0.143. The lowest BCUT2D eigenvalue weighted by Gasteiger charge is -2.43. The molecule has 1 aliphatic heterocycles.